The van der Waals surface area contributed by atoms with E-state index in [2.05, 4.69) is 10.1 Å². The fourth-order valence-electron chi connectivity index (χ4n) is 1.43. The number of nitrogens with zero attached hydrogens (tertiary/aromatic N) is 1. The molecule has 1 aromatic carbocycles. The van der Waals surface area contributed by atoms with Crippen molar-refractivity contribution in [1.29, 1.82) is 0 Å². The lowest BCUT2D eigenvalue weighted by Crippen LogP contribution is -2.33. The van der Waals surface area contributed by atoms with E-state index in [1.165, 1.54) is 23.5 Å². The molecule has 0 atom stereocenters. The second-order valence-electron chi connectivity index (χ2n) is 4.57. The van der Waals surface area contributed by atoms with Crippen LogP contribution >= 0.6 is 0 Å². The van der Waals surface area contributed by atoms with Gasteiger partial charge in [0, 0.05) is 18.8 Å². The summed E-state index contributed by atoms with van der Waals surface area (Å²) in [6, 6.07) is 6.13. The smallest absolute Gasteiger partial charge is 0.325 e. The average molecular weight is 300 g/mol. The van der Waals surface area contributed by atoms with Crippen LogP contribution in [0.5, 0.6) is 0 Å². The van der Waals surface area contributed by atoms with E-state index in [9.17, 15) is 13.2 Å². The number of carbonyl (C=O) groups excluding carboxylic acids is 1. The van der Waals surface area contributed by atoms with Gasteiger partial charge < -0.3 is 10.1 Å². The van der Waals surface area contributed by atoms with Crippen molar-refractivity contribution in [2.75, 3.05) is 26.0 Å². The van der Waals surface area contributed by atoms with Gasteiger partial charge in [-0.15, -0.1) is 0 Å². The first kappa shape index (κ1) is 16.5. The van der Waals surface area contributed by atoms with Crippen LogP contribution in [0.25, 0.3) is 0 Å². The Bertz CT molecular complexity index is 552. The van der Waals surface area contributed by atoms with Gasteiger partial charge in [-0.1, -0.05) is 0 Å². The predicted molar refractivity (Wildman–Crippen MR) is 77.0 cm³/mol. The quantitative estimate of drug-likeness (QED) is 0.801. The van der Waals surface area contributed by atoms with E-state index in [0.717, 1.165) is 0 Å². The van der Waals surface area contributed by atoms with Gasteiger partial charge in [0.25, 0.3) is 0 Å². The number of carbonyl (C=O) groups is 1. The van der Waals surface area contributed by atoms with Crippen LogP contribution in [-0.4, -0.2) is 45.4 Å². The molecule has 0 radical (unpaired) electrons. The van der Waals surface area contributed by atoms with E-state index >= 15 is 0 Å². The first-order chi connectivity index (χ1) is 9.28. The molecule has 0 amide bonds. The maximum Gasteiger partial charge on any atom is 0.325 e. The Hall–Kier alpha value is -1.60. The van der Waals surface area contributed by atoms with E-state index in [-0.39, 0.29) is 23.5 Å². The van der Waals surface area contributed by atoms with E-state index in [4.69, 9.17) is 0 Å². The fraction of sp³-hybridized carbons (Fsp3) is 0.462. The maximum atomic E-state index is 12.2. The van der Waals surface area contributed by atoms with Gasteiger partial charge in [-0.2, -0.15) is 4.31 Å². The molecular formula is C13H20N2O4S. The SMILES string of the molecule is COC(=O)CNc1ccc(S(=O)(=O)N(C)C(C)C)cc1. The minimum Gasteiger partial charge on any atom is -0.468 e. The molecule has 0 unspecified atom stereocenters. The molecular weight excluding hydrogens is 280 g/mol. The van der Waals surface area contributed by atoms with Crippen LogP contribution in [0.3, 0.4) is 0 Å². The Balaban J connectivity index is 2.83. The number of ether oxygens (including phenoxy) is 1. The van der Waals surface area contributed by atoms with Crippen LogP contribution in [0.2, 0.25) is 0 Å². The van der Waals surface area contributed by atoms with Crippen molar-refractivity contribution < 1.29 is 17.9 Å². The van der Waals surface area contributed by atoms with Gasteiger partial charge in [-0.05, 0) is 38.1 Å². The molecule has 7 heteroatoms. The third-order valence-electron chi connectivity index (χ3n) is 2.92. The summed E-state index contributed by atoms with van der Waals surface area (Å²) in [6.45, 7) is 3.65. The molecule has 20 heavy (non-hydrogen) atoms. The van der Waals surface area contributed by atoms with Gasteiger partial charge in [-0.25, -0.2) is 8.42 Å². The molecule has 0 aliphatic heterocycles. The van der Waals surface area contributed by atoms with Gasteiger partial charge in [-0.3, -0.25) is 4.79 Å². The maximum absolute atomic E-state index is 12.2. The molecule has 0 fully saturated rings. The summed E-state index contributed by atoms with van der Waals surface area (Å²) in [5, 5.41) is 2.84. The molecule has 0 saturated carbocycles. The van der Waals surface area contributed by atoms with Gasteiger partial charge in [0.05, 0.1) is 12.0 Å². The number of nitrogens with one attached hydrogen (secondary N) is 1. The number of hydrogen-bond donors (Lipinski definition) is 1. The van der Waals surface area contributed by atoms with Crippen molar-refractivity contribution >= 4 is 21.7 Å². The number of anilines is 1. The van der Waals surface area contributed by atoms with Crippen molar-refractivity contribution in [3.63, 3.8) is 0 Å². The van der Waals surface area contributed by atoms with Crippen molar-refractivity contribution in [3.8, 4) is 0 Å². The van der Waals surface area contributed by atoms with Gasteiger partial charge in [0.2, 0.25) is 10.0 Å². The molecule has 0 aliphatic carbocycles. The zero-order valence-electron chi connectivity index (χ0n) is 12.1. The summed E-state index contributed by atoms with van der Waals surface area (Å²) >= 11 is 0. The summed E-state index contributed by atoms with van der Waals surface area (Å²) in [5.41, 5.74) is 0.654. The highest BCUT2D eigenvalue weighted by Crippen LogP contribution is 2.18. The van der Waals surface area contributed by atoms with Crippen LogP contribution in [0.15, 0.2) is 29.2 Å². The summed E-state index contributed by atoms with van der Waals surface area (Å²) in [4.78, 5) is 11.2. The first-order valence-electron chi connectivity index (χ1n) is 6.18. The van der Waals surface area contributed by atoms with E-state index in [0.29, 0.717) is 5.69 Å². The summed E-state index contributed by atoms with van der Waals surface area (Å²) in [6.07, 6.45) is 0. The predicted octanol–water partition coefficient (Wildman–Crippen LogP) is 1.30. The lowest BCUT2D eigenvalue weighted by atomic mass is 10.3. The number of sulfonamides is 1. The highest BCUT2D eigenvalue weighted by molar-refractivity contribution is 7.89. The van der Waals surface area contributed by atoms with Crippen LogP contribution in [0.1, 0.15) is 13.8 Å². The first-order valence-corrected chi connectivity index (χ1v) is 7.62. The Kier molecular flexibility index (Phi) is 5.52. The van der Waals surface area contributed by atoms with Crippen LogP contribution in [0.4, 0.5) is 5.69 Å². The zero-order valence-corrected chi connectivity index (χ0v) is 12.9. The second kappa shape index (κ2) is 6.71. The van der Waals surface area contributed by atoms with E-state index in [1.54, 1.807) is 19.2 Å². The average Bonchev–Trinajstić information content (AvgIpc) is 2.44. The molecule has 0 aromatic heterocycles. The fourth-order valence-corrected chi connectivity index (χ4v) is 2.80. The number of benzene rings is 1. The number of hydrogen-bond acceptors (Lipinski definition) is 5. The molecule has 0 bridgehead atoms. The highest BCUT2D eigenvalue weighted by Gasteiger charge is 2.22. The Morgan fingerprint density at radius 1 is 1.30 bits per heavy atom. The van der Waals surface area contributed by atoms with Crippen LogP contribution in [-0.2, 0) is 19.6 Å². The summed E-state index contributed by atoms with van der Waals surface area (Å²) in [7, 11) is -0.625. The van der Waals surface area contributed by atoms with Gasteiger partial charge >= 0.3 is 5.97 Å². The number of esters is 1. The third-order valence-corrected chi connectivity index (χ3v) is 4.97. The monoisotopic (exact) mass is 300 g/mol. The second-order valence-corrected chi connectivity index (χ2v) is 6.57. The lowest BCUT2D eigenvalue weighted by molar-refractivity contribution is -0.138. The van der Waals surface area contributed by atoms with E-state index < -0.39 is 10.0 Å². The number of rotatable bonds is 6. The van der Waals surface area contributed by atoms with E-state index in [1.807, 2.05) is 13.8 Å². The summed E-state index contributed by atoms with van der Waals surface area (Å²) < 4.78 is 30.3. The molecule has 0 saturated heterocycles. The Morgan fingerprint density at radius 3 is 2.30 bits per heavy atom. The third kappa shape index (κ3) is 3.94. The summed E-state index contributed by atoms with van der Waals surface area (Å²) in [5.74, 6) is -0.388. The minimum absolute atomic E-state index is 0.0362. The lowest BCUT2D eigenvalue weighted by Gasteiger charge is -2.21. The van der Waals surface area contributed by atoms with Crippen molar-refractivity contribution in [1.82, 2.24) is 4.31 Å². The molecule has 0 aliphatic rings. The normalized spacial score (nSPS) is 11.7. The topological polar surface area (TPSA) is 75.7 Å². The molecule has 0 spiro atoms. The minimum atomic E-state index is -3.48. The van der Waals surface area contributed by atoms with Crippen molar-refractivity contribution in [3.05, 3.63) is 24.3 Å². The zero-order chi connectivity index (χ0) is 15.3. The highest BCUT2D eigenvalue weighted by atomic mass is 32.2. The number of methoxy groups -OCH3 is 1. The van der Waals surface area contributed by atoms with Crippen LogP contribution in [0, 0.1) is 0 Å². The van der Waals surface area contributed by atoms with Crippen LogP contribution < -0.4 is 5.32 Å². The molecule has 1 rings (SSSR count). The standard InChI is InChI=1S/C13H20N2O4S/c1-10(2)15(3)20(17,18)12-7-5-11(6-8-12)14-9-13(16)19-4/h5-8,10,14H,9H2,1-4H3. The molecule has 1 aromatic rings. The molecule has 6 nitrogen and oxygen atoms in total. The molecule has 0 heterocycles. The van der Waals surface area contributed by atoms with Gasteiger partial charge in [0.15, 0.2) is 0 Å². The largest absolute Gasteiger partial charge is 0.468 e. The van der Waals surface area contributed by atoms with Crippen molar-refractivity contribution in [2.45, 2.75) is 24.8 Å². The van der Waals surface area contributed by atoms with Crippen molar-refractivity contribution in [2.24, 2.45) is 0 Å². The Labute approximate surface area is 119 Å². The Morgan fingerprint density at radius 2 is 1.85 bits per heavy atom. The molecule has 1 N–H and O–H groups in total. The molecule has 112 valence electrons. The van der Waals surface area contributed by atoms with Gasteiger partial charge in [0.1, 0.15) is 6.54 Å².